The second-order valence-corrected chi connectivity index (χ2v) is 6.59. The zero-order chi connectivity index (χ0) is 19.4. The van der Waals surface area contributed by atoms with Crippen molar-refractivity contribution in [2.75, 3.05) is 13.7 Å². The number of rotatable bonds is 7. The Balaban J connectivity index is 1.53. The molecule has 2 aromatic rings. The van der Waals surface area contributed by atoms with Crippen molar-refractivity contribution < 1.29 is 19.1 Å². The number of hydrogen-bond acceptors (Lipinski definition) is 4. The Labute approximate surface area is 158 Å². The van der Waals surface area contributed by atoms with Gasteiger partial charge in [-0.2, -0.15) is 0 Å². The normalized spacial score (nSPS) is 13.0. The fourth-order valence-electron chi connectivity index (χ4n) is 3.11. The predicted octanol–water partition coefficient (Wildman–Crippen LogP) is 2.44. The number of aryl methyl sites for hydroxylation is 1. The molecule has 0 bridgehead atoms. The molecular formula is C21H22N2O4. The number of ether oxygens (including phenoxy) is 1. The molecule has 0 saturated heterocycles. The van der Waals surface area contributed by atoms with Gasteiger partial charge in [-0.05, 0) is 30.2 Å². The zero-order valence-corrected chi connectivity index (χ0v) is 15.5. The highest BCUT2D eigenvalue weighted by Gasteiger charge is 2.35. The minimum Gasteiger partial charge on any atom is -0.380 e. The summed E-state index contributed by atoms with van der Waals surface area (Å²) >= 11 is 0. The lowest BCUT2D eigenvalue weighted by Crippen LogP contribution is -2.34. The van der Waals surface area contributed by atoms with Gasteiger partial charge in [-0.1, -0.05) is 35.9 Å². The summed E-state index contributed by atoms with van der Waals surface area (Å²) in [6.45, 7) is 2.84. The van der Waals surface area contributed by atoms with Gasteiger partial charge in [0.05, 0.1) is 17.7 Å². The van der Waals surface area contributed by atoms with Crippen molar-refractivity contribution in [2.24, 2.45) is 0 Å². The summed E-state index contributed by atoms with van der Waals surface area (Å²) in [4.78, 5) is 38.1. The zero-order valence-electron chi connectivity index (χ0n) is 15.5. The van der Waals surface area contributed by atoms with E-state index >= 15 is 0 Å². The number of amides is 3. The van der Waals surface area contributed by atoms with Crippen LogP contribution in [0.5, 0.6) is 0 Å². The molecule has 0 aromatic heterocycles. The number of hydrogen-bond donors (Lipinski definition) is 1. The van der Waals surface area contributed by atoms with Crippen LogP contribution in [0.3, 0.4) is 0 Å². The van der Waals surface area contributed by atoms with Crippen molar-refractivity contribution >= 4 is 17.7 Å². The molecular weight excluding hydrogens is 344 g/mol. The Morgan fingerprint density at radius 2 is 1.78 bits per heavy atom. The molecule has 3 amide bonds. The van der Waals surface area contributed by atoms with E-state index in [0.717, 1.165) is 21.6 Å². The van der Waals surface area contributed by atoms with Crippen molar-refractivity contribution in [3.05, 3.63) is 70.3 Å². The Morgan fingerprint density at radius 1 is 1.04 bits per heavy atom. The van der Waals surface area contributed by atoms with Gasteiger partial charge in [-0.3, -0.25) is 19.3 Å². The Kier molecular flexibility index (Phi) is 5.66. The van der Waals surface area contributed by atoms with Gasteiger partial charge in [0.25, 0.3) is 11.8 Å². The van der Waals surface area contributed by atoms with Crippen LogP contribution in [0.2, 0.25) is 0 Å². The molecule has 0 spiro atoms. The minimum absolute atomic E-state index is 0.0704. The maximum Gasteiger partial charge on any atom is 0.261 e. The van der Waals surface area contributed by atoms with Gasteiger partial charge in [0, 0.05) is 26.6 Å². The number of carbonyl (C=O) groups is 3. The molecule has 140 valence electrons. The predicted molar refractivity (Wildman–Crippen MR) is 100 cm³/mol. The molecule has 0 fully saturated rings. The van der Waals surface area contributed by atoms with Crippen LogP contribution in [0, 0.1) is 6.92 Å². The van der Waals surface area contributed by atoms with E-state index in [1.165, 1.54) is 0 Å². The SMILES string of the molecule is COCc1cccc(CNC(=O)CCN2C(=O)c3ccc(C)cc3C2=O)c1. The van der Waals surface area contributed by atoms with Crippen molar-refractivity contribution in [2.45, 2.75) is 26.5 Å². The summed E-state index contributed by atoms with van der Waals surface area (Å²) in [6.07, 6.45) is 0.0716. The average Bonchev–Trinajstić information content (AvgIpc) is 2.89. The van der Waals surface area contributed by atoms with Crippen LogP contribution in [0.15, 0.2) is 42.5 Å². The second kappa shape index (κ2) is 8.14. The van der Waals surface area contributed by atoms with Crippen LogP contribution in [0.1, 0.15) is 43.8 Å². The Morgan fingerprint density at radius 3 is 2.56 bits per heavy atom. The highest BCUT2D eigenvalue weighted by atomic mass is 16.5. The van der Waals surface area contributed by atoms with Crippen LogP contribution >= 0.6 is 0 Å². The molecule has 6 heteroatoms. The Bertz CT molecular complexity index is 892. The molecule has 0 aliphatic carbocycles. The summed E-state index contributed by atoms with van der Waals surface area (Å²) in [5.41, 5.74) is 3.74. The number of carbonyl (C=O) groups excluding carboxylic acids is 3. The minimum atomic E-state index is -0.338. The van der Waals surface area contributed by atoms with E-state index in [-0.39, 0.29) is 30.7 Å². The molecule has 27 heavy (non-hydrogen) atoms. The van der Waals surface area contributed by atoms with E-state index < -0.39 is 0 Å². The van der Waals surface area contributed by atoms with Crippen molar-refractivity contribution in [3.8, 4) is 0 Å². The number of benzene rings is 2. The van der Waals surface area contributed by atoms with Crippen molar-refractivity contribution in [3.63, 3.8) is 0 Å². The largest absolute Gasteiger partial charge is 0.380 e. The molecule has 6 nitrogen and oxygen atoms in total. The molecule has 2 aromatic carbocycles. The standard InChI is InChI=1S/C21H22N2O4/c1-14-6-7-17-18(10-14)21(26)23(20(17)25)9-8-19(24)22-12-15-4-3-5-16(11-15)13-27-2/h3-7,10-11H,8-9,12-13H2,1-2H3,(H,22,24). The van der Waals surface area contributed by atoms with Crippen LogP contribution in [-0.2, 0) is 22.7 Å². The number of fused-ring (bicyclic) bond motifs is 1. The number of nitrogens with zero attached hydrogens (tertiary/aromatic N) is 1. The maximum absolute atomic E-state index is 12.4. The van der Waals surface area contributed by atoms with Crippen molar-refractivity contribution in [1.82, 2.24) is 10.2 Å². The van der Waals surface area contributed by atoms with E-state index in [4.69, 9.17) is 4.74 Å². The third-order valence-electron chi connectivity index (χ3n) is 4.48. The first kappa shape index (κ1) is 18.8. The summed E-state index contributed by atoms with van der Waals surface area (Å²) in [5, 5.41) is 2.82. The first-order valence-corrected chi connectivity index (χ1v) is 8.80. The number of methoxy groups -OCH3 is 1. The van der Waals surface area contributed by atoms with E-state index in [0.29, 0.717) is 24.3 Å². The average molecular weight is 366 g/mol. The second-order valence-electron chi connectivity index (χ2n) is 6.59. The third-order valence-corrected chi connectivity index (χ3v) is 4.48. The van der Waals surface area contributed by atoms with E-state index in [1.807, 2.05) is 31.2 Å². The van der Waals surface area contributed by atoms with Gasteiger partial charge in [0.1, 0.15) is 0 Å². The van der Waals surface area contributed by atoms with Gasteiger partial charge in [-0.25, -0.2) is 0 Å². The summed E-state index contributed by atoms with van der Waals surface area (Å²) < 4.78 is 5.10. The monoisotopic (exact) mass is 366 g/mol. The lowest BCUT2D eigenvalue weighted by molar-refractivity contribution is -0.121. The van der Waals surface area contributed by atoms with Gasteiger partial charge in [0.2, 0.25) is 5.91 Å². The molecule has 3 rings (SSSR count). The van der Waals surface area contributed by atoms with Crippen molar-refractivity contribution in [1.29, 1.82) is 0 Å². The van der Waals surface area contributed by atoms with Crippen LogP contribution < -0.4 is 5.32 Å². The molecule has 0 radical (unpaired) electrons. The summed E-state index contributed by atoms with van der Waals surface area (Å²) in [5.74, 6) is -0.881. The highest BCUT2D eigenvalue weighted by molar-refractivity contribution is 6.21. The van der Waals surface area contributed by atoms with Gasteiger partial charge >= 0.3 is 0 Å². The van der Waals surface area contributed by atoms with Crippen LogP contribution in [0.25, 0.3) is 0 Å². The van der Waals surface area contributed by atoms with E-state index in [9.17, 15) is 14.4 Å². The highest BCUT2D eigenvalue weighted by Crippen LogP contribution is 2.23. The molecule has 1 N–H and O–H groups in total. The lowest BCUT2D eigenvalue weighted by Gasteiger charge is -2.13. The molecule has 0 saturated carbocycles. The van der Waals surface area contributed by atoms with E-state index in [2.05, 4.69) is 5.32 Å². The quantitative estimate of drug-likeness (QED) is 0.764. The first-order valence-electron chi connectivity index (χ1n) is 8.80. The molecule has 1 heterocycles. The number of imide groups is 1. The fraction of sp³-hybridized carbons (Fsp3) is 0.286. The fourth-order valence-corrected chi connectivity index (χ4v) is 3.11. The molecule has 0 atom stereocenters. The van der Waals surface area contributed by atoms with Crippen LogP contribution in [0.4, 0.5) is 0 Å². The first-order chi connectivity index (χ1) is 13.0. The molecule has 1 aliphatic heterocycles. The topological polar surface area (TPSA) is 75.7 Å². The van der Waals surface area contributed by atoms with Crippen LogP contribution in [-0.4, -0.2) is 36.3 Å². The number of nitrogens with one attached hydrogen (secondary N) is 1. The lowest BCUT2D eigenvalue weighted by atomic mass is 10.1. The third kappa shape index (κ3) is 4.23. The smallest absolute Gasteiger partial charge is 0.261 e. The van der Waals surface area contributed by atoms with E-state index in [1.54, 1.807) is 25.3 Å². The summed E-state index contributed by atoms with van der Waals surface area (Å²) in [7, 11) is 1.63. The summed E-state index contributed by atoms with van der Waals surface area (Å²) in [6, 6.07) is 12.9. The van der Waals surface area contributed by atoms with Gasteiger partial charge < -0.3 is 10.1 Å². The van der Waals surface area contributed by atoms with Gasteiger partial charge in [-0.15, -0.1) is 0 Å². The maximum atomic E-state index is 12.4. The van der Waals surface area contributed by atoms with Gasteiger partial charge in [0.15, 0.2) is 0 Å². The molecule has 0 unspecified atom stereocenters. The molecule has 1 aliphatic rings. The Hall–Kier alpha value is -2.99.